The van der Waals surface area contributed by atoms with E-state index < -0.39 is 0 Å². The molecule has 0 atom stereocenters. The summed E-state index contributed by atoms with van der Waals surface area (Å²) in [5.41, 5.74) is 5.97. The largest absolute Gasteiger partial charge is 0.380 e. The summed E-state index contributed by atoms with van der Waals surface area (Å²) in [4.78, 5) is 4.34. The van der Waals surface area contributed by atoms with Crippen molar-refractivity contribution in [1.82, 2.24) is 4.98 Å². The number of nitrogens with zero attached hydrogens (tertiary/aromatic N) is 1. The summed E-state index contributed by atoms with van der Waals surface area (Å²) >= 11 is 0. The van der Waals surface area contributed by atoms with Crippen molar-refractivity contribution in [3.05, 3.63) is 58.9 Å². The first-order valence-corrected chi connectivity index (χ1v) is 5.88. The van der Waals surface area contributed by atoms with Crippen molar-refractivity contribution in [2.24, 2.45) is 0 Å². The van der Waals surface area contributed by atoms with Crippen LogP contribution >= 0.6 is 0 Å². The second-order valence-electron chi connectivity index (χ2n) is 4.47. The van der Waals surface area contributed by atoms with E-state index in [2.05, 4.69) is 54.5 Å². The Hall–Kier alpha value is -1.83. The van der Waals surface area contributed by atoms with Crippen molar-refractivity contribution < 1.29 is 0 Å². The maximum Gasteiger partial charge on any atom is 0.0532 e. The van der Waals surface area contributed by atoms with Crippen LogP contribution in [-0.2, 0) is 6.54 Å². The van der Waals surface area contributed by atoms with Gasteiger partial charge in [-0.15, -0.1) is 0 Å². The fourth-order valence-corrected chi connectivity index (χ4v) is 1.65. The highest BCUT2D eigenvalue weighted by Gasteiger charge is 1.97. The second-order valence-corrected chi connectivity index (χ2v) is 4.47. The Morgan fingerprint density at radius 1 is 1.06 bits per heavy atom. The molecule has 0 spiro atoms. The van der Waals surface area contributed by atoms with E-state index in [0.29, 0.717) is 0 Å². The number of aromatic nitrogens is 1. The zero-order valence-electron chi connectivity index (χ0n) is 10.6. The molecule has 2 heteroatoms. The second kappa shape index (κ2) is 5.00. The van der Waals surface area contributed by atoms with Crippen LogP contribution in [0.15, 0.2) is 36.5 Å². The van der Waals surface area contributed by atoms with E-state index in [1.54, 1.807) is 0 Å². The van der Waals surface area contributed by atoms with Gasteiger partial charge in [-0.05, 0) is 38.0 Å². The average Bonchev–Trinajstić information content (AvgIpc) is 2.33. The SMILES string of the molecule is Cc1ccc(CNc2cnc(C)c(C)c2)cc1. The number of pyridine rings is 1. The summed E-state index contributed by atoms with van der Waals surface area (Å²) in [5.74, 6) is 0. The van der Waals surface area contributed by atoms with Crippen LogP contribution in [0.1, 0.15) is 22.4 Å². The van der Waals surface area contributed by atoms with E-state index in [0.717, 1.165) is 17.9 Å². The smallest absolute Gasteiger partial charge is 0.0532 e. The van der Waals surface area contributed by atoms with Gasteiger partial charge in [0.25, 0.3) is 0 Å². The van der Waals surface area contributed by atoms with Gasteiger partial charge in [-0.25, -0.2) is 0 Å². The molecule has 2 nitrogen and oxygen atoms in total. The molecule has 0 aliphatic carbocycles. The zero-order chi connectivity index (χ0) is 12.3. The van der Waals surface area contributed by atoms with Crippen LogP contribution in [0, 0.1) is 20.8 Å². The van der Waals surface area contributed by atoms with E-state index in [9.17, 15) is 0 Å². The molecule has 1 heterocycles. The molecule has 0 aliphatic rings. The third-order valence-electron chi connectivity index (χ3n) is 2.96. The predicted octanol–water partition coefficient (Wildman–Crippen LogP) is 3.62. The lowest BCUT2D eigenvalue weighted by atomic mass is 10.1. The topological polar surface area (TPSA) is 24.9 Å². The van der Waals surface area contributed by atoms with Gasteiger partial charge in [0.05, 0.1) is 11.9 Å². The minimum absolute atomic E-state index is 0.838. The molecule has 0 saturated carbocycles. The lowest BCUT2D eigenvalue weighted by molar-refractivity contribution is 1.10. The Labute approximate surface area is 103 Å². The van der Waals surface area contributed by atoms with Crippen LogP contribution < -0.4 is 5.32 Å². The van der Waals surface area contributed by atoms with Crippen LogP contribution in [0.4, 0.5) is 5.69 Å². The van der Waals surface area contributed by atoms with Gasteiger partial charge in [-0.2, -0.15) is 0 Å². The van der Waals surface area contributed by atoms with Crippen LogP contribution in [0.2, 0.25) is 0 Å². The number of anilines is 1. The Kier molecular flexibility index (Phi) is 3.43. The van der Waals surface area contributed by atoms with Crippen molar-refractivity contribution >= 4 is 5.69 Å². The Morgan fingerprint density at radius 3 is 2.41 bits per heavy atom. The normalized spacial score (nSPS) is 10.3. The third kappa shape index (κ3) is 3.06. The summed E-state index contributed by atoms with van der Waals surface area (Å²) in [5, 5.41) is 3.39. The summed E-state index contributed by atoms with van der Waals surface area (Å²) < 4.78 is 0. The van der Waals surface area contributed by atoms with Crippen molar-refractivity contribution in [2.75, 3.05) is 5.32 Å². The van der Waals surface area contributed by atoms with Gasteiger partial charge in [0, 0.05) is 12.2 Å². The molecule has 88 valence electrons. The Morgan fingerprint density at radius 2 is 1.76 bits per heavy atom. The number of hydrogen-bond donors (Lipinski definition) is 1. The number of nitrogens with one attached hydrogen (secondary N) is 1. The standard InChI is InChI=1S/C15H18N2/c1-11-4-6-14(7-5-11)9-17-15-8-12(2)13(3)16-10-15/h4-8,10,17H,9H2,1-3H3. The molecular weight excluding hydrogens is 208 g/mol. The summed E-state index contributed by atoms with van der Waals surface area (Å²) in [6.07, 6.45) is 1.89. The van der Waals surface area contributed by atoms with Crippen LogP contribution in [-0.4, -0.2) is 4.98 Å². The molecule has 0 fully saturated rings. The Bertz CT molecular complexity index is 501. The summed E-state index contributed by atoms with van der Waals surface area (Å²) in [6.45, 7) is 7.05. The zero-order valence-corrected chi connectivity index (χ0v) is 10.6. The number of hydrogen-bond acceptors (Lipinski definition) is 2. The van der Waals surface area contributed by atoms with E-state index in [4.69, 9.17) is 0 Å². The van der Waals surface area contributed by atoms with Gasteiger partial charge < -0.3 is 5.32 Å². The molecule has 0 amide bonds. The maximum absolute atomic E-state index is 4.34. The van der Waals surface area contributed by atoms with Crippen molar-refractivity contribution in [3.63, 3.8) is 0 Å². The van der Waals surface area contributed by atoms with Gasteiger partial charge in [0.15, 0.2) is 0 Å². The van der Waals surface area contributed by atoms with Gasteiger partial charge in [-0.3, -0.25) is 4.98 Å². The minimum Gasteiger partial charge on any atom is -0.380 e. The van der Waals surface area contributed by atoms with Crippen LogP contribution in [0.5, 0.6) is 0 Å². The lowest BCUT2D eigenvalue weighted by Gasteiger charge is -2.08. The highest BCUT2D eigenvalue weighted by Crippen LogP contribution is 2.12. The van der Waals surface area contributed by atoms with E-state index in [1.165, 1.54) is 16.7 Å². The molecule has 0 radical (unpaired) electrons. The molecular formula is C15H18N2. The first-order valence-electron chi connectivity index (χ1n) is 5.88. The Balaban J connectivity index is 2.02. The van der Waals surface area contributed by atoms with Gasteiger partial charge in [-0.1, -0.05) is 29.8 Å². The molecule has 1 aromatic heterocycles. The molecule has 0 bridgehead atoms. The van der Waals surface area contributed by atoms with Gasteiger partial charge in [0.1, 0.15) is 0 Å². The van der Waals surface area contributed by atoms with E-state index >= 15 is 0 Å². The van der Waals surface area contributed by atoms with Crippen molar-refractivity contribution in [2.45, 2.75) is 27.3 Å². The highest BCUT2D eigenvalue weighted by molar-refractivity contribution is 5.45. The predicted molar refractivity (Wildman–Crippen MR) is 72.2 cm³/mol. The fraction of sp³-hybridized carbons (Fsp3) is 0.267. The van der Waals surface area contributed by atoms with Crippen LogP contribution in [0.3, 0.4) is 0 Å². The molecule has 0 saturated heterocycles. The van der Waals surface area contributed by atoms with E-state index in [-0.39, 0.29) is 0 Å². The van der Waals surface area contributed by atoms with Gasteiger partial charge in [0.2, 0.25) is 0 Å². The number of rotatable bonds is 3. The highest BCUT2D eigenvalue weighted by atomic mass is 14.9. The van der Waals surface area contributed by atoms with Crippen molar-refractivity contribution in [1.29, 1.82) is 0 Å². The number of benzene rings is 1. The number of aryl methyl sites for hydroxylation is 3. The molecule has 17 heavy (non-hydrogen) atoms. The molecule has 0 aliphatic heterocycles. The monoisotopic (exact) mass is 226 g/mol. The molecule has 1 N–H and O–H groups in total. The van der Waals surface area contributed by atoms with E-state index in [1.807, 2.05) is 13.1 Å². The first-order chi connectivity index (χ1) is 8.15. The third-order valence-corrected chi connectivity index (χ3v) is 2.96. The molecule has 2 aromatic rings. The summed E-state index contributed by atoms with van der Waals surface area (Å²) in [6, 6.07) is 10.7. The minimum atomic E-state index is 0.838. The molecule has 0 unspecified atom stereocenters. The quantitative estimate of drug-likeness (QED) is 0.864. The summed E-state index contributed by atoms with van der Waals surface area (Å²) in [7, 11) is 0. The average molecular weight is 226 g/mol. The van der Waals surface area contributed by atoms with Gasteiger partial charge >= 0.3 is 0 Å². The molecule has 2 rings (SSSR count). The lowest BCUT2D eigenvalue weighted by Crippen LogP contribution is -2.00. The fourth-order valence-electron chi connectivity index (χ4n) is 1.65. The first kappa shape index (κ1) is 11.6. The maximum atomic E-state index is 4.34. The van der Waals surface area contributed by atoms with Crippen LogP contribution in [0.25, 0.3) is 0 Å². The molecule has 1 aromatic carbocycles. The van der Waals surface area contributed by atoms with Crippen molar-refractivity contribution in [3.8, 4) is 0 Å².